The number of amides is 1. The third-order valence-corrected chi connectivity index (χ3v) is 3.64. The molecule has 1 N–H and O–H groups in total. The zero-order chi connectivity index (χ0) is 14.8. The van der Waals surface area contributed by atoms with Crippen LogP contribution in [-0.2, 0) is 6.42 Å². The van der Waals surface area contributed by atoms with Crippen LogP contribution in [0, 0.1) is 12.7 Å². The summed E-state index contributed by atoms with van der Waals surface area (Å²) < 4.78 is 18.8. The molecule has 1 amide bonds. The lowest BCUT2D eigenvalue weighted by Gasteiger charge is -2.12. The van der Waals surface area contributed by atoms with Crippen LogP contribution in [0.25, 0.3) is 0 Å². The van der Waals surface area contributed by atoms with E-state index in [0.717, 1.165) is 11.1 Å². The van der Waals surface area contributed by atoms with Crippen LogP contribution < -0.4 is 10.1 Å². The van der Waals surface area contributed by atoms with E-state index in [1.807, 2.05) is 25.1 Å². The zero-order valence-corrected chi connectivity index (χ0v) is 11.7. The maximum Gasteiger partial charge on any atom is 0.251 e. The second-order valence-electron chi connectivity index (χ2n) is 5.22. The highest BCUT2D eigenvalue weighted by Crippen LogP contribution is 2.28. The highest BCUT2D eigenvalue weighted by atomic mass is 19.1. The normalized spacial score (nSPS) is 16.2. The molecule has 1 atom stereocenters. The molecule has 0 aliphatic carbocycles. The number of halogens is 1. The van der Waals surface area contributed by atoms with Gasteiger partial charge in [-0.05, 0) is 36.8 Å². The van der Waals surface area contributed by atoms with Gasteiger partial charge in [-0.2, -0.15) is 0 Å². The Morgan fingerprint density at radius 1 is 1.33 bits per heavy atom. The maximum absolute atomic E-state index is 13.1. The molecule has 3 nitrogen and oxygen atoms in total. The Balaban J connectivity index is 1.60. The molecule has 1 aliphatic rings. The average Bonchev–Trinajstić information content (AvgIpc) is 2.87. The van der Waals surface area contributed by atoms with Crippen LogP contribution in [0.1, 0.15) is 21.5 Å². The van der Waals surface area contributed by atoms with Gasteiger partial charge in [-0.1, -0.05) is 18.2 Å². The predicted octanol–water partition coefficient (Wildman–Crippen LogP) is 2.87. The number of hydrogen-bond acceptors (Lipinski definition) is 2. The SMILES string of the molecule is Cc1ccccc1C(=O)NC[C@H]1Cc2cc(F)ccc2O1. The molecule has 2 aromatic rings. The quantitative estimate of drug-likeness (QED) is 0.941. The second kappa shape index (κ2) is 5.56. The van der Waals surface area contributed by atoms with Crippen LogP contribution in [0.3, 0.4) is 0 Å². The van der Waals surface area contributed by atoms with E-state index in [2.05, 4.69) is 5.32 Å². The Bertz CT molecular complexity index is 684. The molecule has 0 radical (unpaired) electrons. The van der Waals surface area contributed by atoms with Crippen LogP contribution in [0.2, 0.25) is 0 Å². The minimum atomic E-state index is -0.262. The molecule has 0 fully saturated rings. The largest absolute Gasteiger partial charge is 0.488 e. The lowest BCUT2D eigenvalue weighted by molar-refractivity contribution is 0.0933. The van der Waals surface area contributed by atoms with Gasteiger partial charge >= 0.3 is 0 Å². The van der Waals surface area contributed by atoms with Crippen molar-refractivity contribution >= 4 is 5.91 Å². The van der Waals surface area contributed by atoms with Crippen LogP contribution in [0.5, 0.6) is 5.75 Å². The van der Waals surface area contributed by atoms with Gasteiger partial charge in [0, 0.05) is 17.5 Å². The van der Waals surface area contributed by atoms with Crippen molar-refractivity contribution in [2.24, 2.45) is 0 Å². The Labute approximate surface area is 122 Å². The molecule has 0 saturated heterocycles. The van der Waals surface area contributed by atoms with Crippen molar-refractivity contribution < 1.29 is 13.9 Å². The van der Waals surface area contributed by atoms with Crippen LogP contribution in [0.4, 0.5) is 4.39 Å². The maximum atomic E-state index is 13.1. The Morgan fingerprint density at radius 3 is 2.95 bits per heavy atom. The highest BCUT2D eigenvalue weighted by molar-refractivity contribution is 5.95. The van der Waals surface area contributed by atoms with E-state index in [-0.39, 0.29) is 17.8 Å². The summed E-state index contributed by atoms with van der Waals surface area (Å²) in [6.45, 7) is 2.31. The molecule has 0 bridgehead atoms. The van der Waals surface area contributed by atoms with Gasteiger partial charge in [-0.25, -0.2) is 4.39 Å². The summed E-state index contributed by atoms with van der Waals surface area (Å²) in [5.74, 6) is 0.326. The molecule has 0 unspecified atom stereocenters. The van der Waals surface area contributed by atoms with Crippen LogP contribution in [0.15, 0.2) is 42.5 Å². The number of hydrogen-bond donors (Lipinski definition) is 1. The molecule has 0 saturated carbocycles. The molecule has 4 heteroatoms. The first-order valence-electron chi connectivity index (χ1n) is 6.92. The first-order chi connectivity index (χ1) is 10.1. The summed E-state index contributed by atoms with van der Waals surface area (Å²) in [6.07, 6.45) is 0.469. The fraction of sp³-hybridized carbons (Fsp3) is 0.235. The molecular formula is C17H16FNO2. The van der Waals surface area contributed by atoms with Gasteiger partial charge in [0.2, 0.25) is 0 Å². The highest BCUT2D eigenvalue weighted by Gasteiger charge is 2.23. The molecule has 0 spiro atoms. The molecule has 108 valence electrons. The number of carbonyl (C=O) groups is 1. The molecule has 2 aromatic carbocycles. The predicted molar refractivity (Wildman–Crippen MR) is 78.0 cm³/mol. The van der Waals surface area contributed by atoms with Crippen molar-refractivity contribution in [3.63, 3.8) is 0 Å². The third kappa shape index (κ3) is 2.89. The lowest BCUT2D eigenvalue weighted by Crippen LogP contribution is -2.34. The molecule has 21 heavy (non-hydrogen) atoms. The number of fused-ring (bicyclic) bond motifs is 1. The summed E-state index contributed by atoms with van der Waals surface area (Å²) >= 11 is 0. The van der Waals surface area contributed by atoms with E-state index < -0.39 is 0 Å². The van der Waals surface area contributed by atoms with E-state index >= 15 is 0 Å². The van der Waals surface area contributed by atoms with Gasteiger partial charge in [0.25, 0.3) is 5.91 Å². The lowest BCUT2D eigenvalue weighted by atomic mass is 10.1. The van der Waals surface area contributed by atoms with Crippen LogP contribution in [-0.4, -0.2) is 18.6 Å². The second-order valence-corrected chi connectivity index (χ2v) is 5.22. The third-order valence-electron chi connectivity index (χ3n) is 3.64. The zero-order valence-electron chi connectivity index (χ0n) is 11.7. The number of aryl methyl sites for hydroxylation is 1. The van der Waals surface area contributed by atoms with Gasteiger partial charge in [0.15, 0.2) is 0 Å². The molecule has 1 heterocycles. The van der Waals surface area contributed by atoms with E-state index in [4.69, 9.17) is 4.74 Å². The van der Waals surface area contributed by atoms with E-state index in [9.17, 15) is 9.18 Å². The summed E-state index contributed by atoms with van der Waals surface area (Å²) in [7, 11) is 0. The van der Waals surface area contributed by atoms with Crippen molar-refractivity contribution in [3.8, 4) is 5.75 Å². The Hall–Kier alpha value is -2.36. The fourth-order valence-corrected chi connectivity index (χ4v) is 2.53. The minimum Gasteiger partial charge on any atom is -0.488 e. The van der Waals surface area contributed by atoms with Crippen molar-refractivity contribution in [1.29, 1.82) is 0 Å². The van der Waals surface area contributed by atoms with Crippen molar-refractivity contribution in [2.45, 2.75) is 19.4 Å². The molecule has 1 aliphatic heterocycles. The van der Waals surface area contributed by atoms with E-state index in [0.29, 0.717) is 24.3 Å². The topological polar surface area (TPSA) is 38.3 Å². The number of nitrogens with one attached hydrogen (secondary N) is 1. The molecule has 0 aromatic heterocycles. The average molecular weight is 285 g/mol. The number of rotatable bonds is 3. The van der Waals surface area contributed by atoms with Gasteiger partial charge in [0.05, 0.1) is 6.54 Å². The first kappa shape index (κ1) is 13.6. The van der Waals surface area contributed by atoms with Gasteiger partial charge in [-0.3, -0.25) is 4.79 Å². The number of carbonyl (C=O) groups excluding carboxylic acids is 1. The van der Waals surface area contributed by atoms with Crippen molar-refractivity contribution in [1.82, 2.24) is 5.32 Å². The van der Waals surface area contributed by atoms with E-state index in [1.165, 1.54) is 12.1 Å². The van der Waals surface area contributed by atoms with Gasteiger partial charge in [0.1, 0.15) is 17.7 Å². The Morgan fingerprint density at radius 2 is 2.14 bits per heavy atom. The fourth-order valence-electron chi connectivity index (χ4n) is 2.53. The molecular weight excluding hydrogens is 269 g/mol. The monoisotopic (exact) mass is 285 g/mol. The smallest absolute Gasteiger partial charge is 0.251 e. The summed E-state index contributed by atoms with van der Waals surface area (Å²) in [6, 6.07) is 11.9. The van der Waals surface area contributed by atoms with E-state index in [1.54, 1.807) is 12.1 Å². The summed E-state index contributed by atoms with van der Waals surface area (Å²) in [4.78, 5) is 12.1. The molecule has 3 rings (SSSR count). The minimum absolute atomic E-state index is 0.112. The number of ether oxygens (including phenoxy) is 1. The van der Waals surface area contributed by atoms with Gasteiger partial charge < -0.3 is 10.1 Å². The number of benzene rings is 2. The van der Waals surface area contributed by atoms with Gasteiger partial charge in [-0.15, -0.1) is 0 Å². The standard InChI is InChI=1S/C17H16FNO2/c1-11-4-2-3-5-15(11)17(20)19-10-14-9-12-8-13(18)6-7-16(12)21-14/h2-8,14H,9-10H2,1H3,(H,19,20)/t14-/m1/s1. The Kier molecular flexibility index (Phi) is 3.60. The summed E-state index contributed by atoms with van der Waals surface area (Å²) in [5.41, 5.74) is 2.46. The van der Waals surface area contributed by atoms with Crippen LogP contribution >= 0.6 is 0 Å². The first-order valence-corrected chi connectivity index (χ1v) is 6.92. The van der Waals surface area contributed by atoms with Crippen molar-refractivity contribution in [2.75, 3.05) is 6.54 Å². The summed E-state index contributed by atoms with van der Waals surface area (Å²) in [5, 5.41) is 2.87. The van der Waals surface area contributed by atoms with Crippen molar-refractivity contribution in [3.05, 3.63) is 65.0 Å².